The summed E-state index contributed by atoms with van der Waals surface area (Å²) in [6.45, 7) is 10.3. The first-order valence-electron chi connectivity index (χ1n) is 7.09. The Labute approximate surface area is 110 Å². The summed E-state index contributed by atoms with van der Waals surface area (Å²) >= 11 is 0. The second-order valence-corrected chi connectivity index (χ2v) is 5.17. The molecule has 1 aromatic rings. The number of hydrogen-bond donors (Lipinski definition) is 1. The quantitative estimate of drug-likeness (QED) is 0.872. The highest BCUT2D eigenvalue weighted by Gasteiger charge is 2.30. The Morgan fingerprint density at radius 1 is 1.56 bits per heavy atom. The van der Waals surface area contributed by atoms with Crippen molar-refractivity contribution in [1.82, 2.24) is 15.1 Å². The van der Waals surface area contributed by atoms with Gasteiger partial charge in [-0.05, 0) is 31.7 Å². The van der Waals surface area contributed by atoms with E-state index in [1.807, 2.05) is 10.9 Å². The molecule has 3 atom stereocenters. The van der Waals surface area contributed by atoms with Crippen molar-refractivity contribution in [2.45, 2.75) is 39.8 Å². The van der Waals surface area contributed by atoms with Crippen LogP contribution in [0.5, 0.6) is 0 Å². The summed E-state index contributed by atoms with van der Waals surface area (Å²) in [4.78, 5) is 0. The average Bonchev–Trinajstić information content (AvgIpc) is 2.85. The second kappa shape index (κ2) is 6.34. The summed E-state index contributed by atoms with van der Waals surface area (Å²) in [7, 11) is 0. The number of aryl methyl sites for hydroxylation is 1. The molecule has 4 nitrogen and oxygen atoms in total. The highest BCUT2D eigenvalue weighted by Crippen LogP contribution is 2.33. The largest absolute Gasteiger partial charge is 0.381 e. The van der Waals surface area contributed by atoms with Crippen LogP contribution in [0.15, 0.2) is 12.4 Å². The maximum absolute atomic E-state index is 5.55. The van der Waals surface area contributed by atoms with Gasteiger partial charge in [-0.2, -0.15) is 5.10 Å². The van der Waals surface area contributed by atoms with E-state index < -0.39 is 0 Å². The van der Waals surface area contributed by atoms with E-state index in [1.165, 1.54) is 5.56 Å². The molecule has 2 rings (SSSR count). The molecule has 1 N–H and O–H groups in total. The Morgan fingerprint density at radius 2 is 2.39 bits per heavy atom. The molecule has 0 saturated carbocycles. The molecule has 1 aliphatic heterocycles. The predicted molar refractivity (Wildman–Crippen MR) is 72.4 cm³/mol. The highest BCUT2D eigenvalue weighted by atomic mass is 16.5. The normalized spacial score (nSPS) is 26.2. The molecule has 0 aromatic carbocycles. The molecule has 18 heavy (non-hydrogen) atoms. The monoisotopic (exact) mass is 251 g/mol. The first kappa shape index (κ1) is 13.6. The Balaban J connectivity index is 2.15. The number of aromatic nitrogens is 2. The summed E-state index contributed by atoms with van der Waals surface area (Å²) in [6.07, 6.45) is 5.32. The lowest BCUT2D eigenvalue weighted by molar-refractivity contribution is 0.0108. The molecule has 0 amide bonds. The smallest absolute Gasteiger partial charge is 0.0537 e. The first-order valence-corrected chi connectivity index (χ1v) is 7.09. The fourth-order valence-corrected chi connectivity index (χ4v) is 2.84. The standard InChI is InChI=1S/C14H25N3O/c1-4-15-14(12-8-16-17(5-2)9-12)13-6-7-18-10-11(13)3/h8-9,11,13-15H,4-7,10H2,1-3H3. The van der Waals surface area contributed by atoms with Gasteiger partial charge in [-0.3, -0.25) is 4.68 Å². The van der Waals surface area contributed by atoms with Gasteiger partial charge in [0.2, 0.25) is 0 Å². The van der Waals surface area contributed by atoms with E-state index >= 15 is 0 Å². The van der Waals surface area contributed by atoms with Crippen LogP contribution in [0.4, 0.5) is 0 Å². The van der Waals surface area contributed by atoms with Gasteiger partial charge in [0.15, 0.2) is 0 Å². The minimum absolute atomic E-state index is 0.411. The highest BCUT2D eigenvalue weighted by molar-refractivity contribution is 5.12. The Morgan fingerprint density at radius 3 is 3.00 bits per heavy atom. The summed E-state index contributed by atoms with van der Waals surface area (Å²) < 4.78 is 7.56. The van der Waals surface area contributed by atoms with E-state index in [0.29, 0.717) is 17.9 Å². The van der Waals surface area contributed by atoms with Crippen LogP contribution in [0.25, 0.3) is 0 Å². The van der Waals surface area contributed by atoms with Crippen molar-refractivity contribution in [3.05, 3.63) is 18.0 Å². The molecule has 1 aromatic heterocycles. The van der Waals surface area contributed by atoms with Crippen molar-refractivity contribution < 1.29 is 4.74 Å². The van der Waals surface area contributed by atoms with Crippen LogP contribution in [0.3, 0.4) is 0 Å². The molecular weight excluding hydrogens is 226 g/mol. The minimum Gasteiger partial charge on any atom is -0.381 e. The van der Waals surface area contributed by atoms with Crippen molar-refractivity contribution in [1.29, 1.82) is 0 Å². The van der Waals surface area contributed by atoms with Crippen LogP contribution in [0, 0.1) is 11.8 Å². The maximum Gasteiger partial charge on any atom is 0.0537 e. The van der Waals surface area contributed by atoms with Gasteiger partial charge in [-0.1, -0.05) is 13.8 Å². The van der Waals surface area contributed by atoms with Gasteiger partial charge in [0, 0.05) is 37.6 Å². The SMILES string of the molecule is CCNC(c1cnn(CC)c1)C1CCOCC1C. The number of nitrogens with zero attached hydrogens (tertiary/aromatic N) is 2. The van der Waals surface area contributed by atoms with Crippen LogP contribution in [-0.2, 0) is 11.3 Å². The molecule has 1 saturated heterocycles. The Kier molecular flexibility index (Phi) is 4.78. The zero-order valence-electron chi connectivity index (χ0n) is 11.7. The van der Waals surface area contributed by atoms with E-state index in [1.54, 1.807) is 0 Å². The predicted octanol–water partition coefficient (Wildman–Crippen LogP) is 2.23. The van der Waals surface area contributed by atoms with Crippen molar-refractivity contribution in [3.63, 3.8) is 0 Å². The molecule has 1 aliphatic rings. The number of rotatable bonds is 5. The third-order valence-corrected chi connectivity index (χ3v) is 3.90. The molecule has 0 bridgehead atoms. The average molecular weight is 251 g/mol. The summed E-state index contributed by atoms with van der Waals surface area (Å²) in [6, 6.07) is 0.411. The van der Waals surface area contributed by atoms with Crippen LogP contribution < -0.4 is 5.32 Å². The van der Waals surface area contributed by atoms with Gasteiger partial charge in [0.05, 0.1) is 6.20 Å². The van der Waals surface area contributed by atoms with E-state index in [9.17, 15) is 0 Å². The van der Waals surface area contributed by atoms with Gasteiger partial charge >= 0.3 is 0 Å². The van der Waals surface area contributed by atoms with Gasteiger partial charge < -0.3 is 10.1 Å². The Bertz CT molecular complexity index is 364. The number of ether oxygens (including phenoxy) is 1. The third kappa shape index (κ3) is 2.93. The van der Waals surface area contributed by atoms with Gasteiger partial charge in [-0.25, -0.2) is 0 Å². The lowest BCUT2D eigenvalue weighted by Gasteiger charge is -2.35. The molecular formula is C14H25N3O. The lowest BCUT2D eigenvalue weighted by Crippen LogP contribution is -2.36. The zero-order chi connectivity index (χ0) is 13.0. The van der Waals surface area contributed by atoms with Crippen LogP contribution in [-0.4, -0.2) is 29.5 Å². The molecule has 2 heterocycles. The van der Waals surface area contributed by atoms with Crippen molar-refractivity contribution >= 4 is 0 Å². The topological polar surface area (TPSA) is 39.1 Å². The van der Waals surface area contributed by atoms with Gasteiger partial charge in [0.25, 0.3) is 0 Å². The van der Waals surface area contributed by atoms with Crippen molar-refractivity contribution in [2.75, 3.05) is 19.8 Å². The summed E-state index contributed by atoms with van der Waals surface area (Å²) in [5, 5.41) is 8.03. The molecule has 0 radical (unpaired) electrons. The Hall–Kier alpha value is -0.870. The van der Waals surface area contributed by atoms with E-state index in [0.717, 1.165) is 32.7 Å². The first-order chi connectivity index (χ1) is 8.76. The fourth-order valence-electron chi connectivity index (χ4n) is 2.84. The van der Waals surface area contributed by atoms with E-state index in [-0.39, 0.29) is 0 Å². The lowest BCUT2D eigenvalue weighted by atomic mass is 9.81. The zero-order valence-corrected chi connectivity index (χ0v) is 11.7. The number of nitrogens with one attached hydrogen (secondary N) is 1. The molecule has 1 fully saturated rings. The van der Waals surface area contributed by atoms with Gasteiger partial charge in [-0.15, -0.1) is 0 Å². The van der Waals surface area contributed by atoms with Crippen LogP contribution in [0.2, 0.25) is 0 Å². The molecule has 0 spiro atoms. The summed E-state index contributed by atoms with van der Waals surface area (Å²) in [5.41, 5.74) is 1.32. The second-order valence-electron chi connectivity index (χ2n) is 5.17. The van der Waals surface area contributed by atoms with E-state index in [4.69, 9.17) is 4.74 Å². The fraction of sp³-hybridized carbons (Fsp3) is 0.786. The minimum atomic E-state index is 0.411. The van der Waals surface area contributed by atoms with Crippen molar-refractivity contribution in [2.24, 2.45) is 11.8 Å². The van der Waals surface area contributed by atoms with Crippen LogP contribution in [0.1, 0.15) is 38.8 Å². The van der Waals surface area contributed by atoms with Gasteiger partial charge in [0.1, 0.15) is 0 Å². The van der Waals surface area contributed by atoms with E-state index in [2.05, 4.69) is 37.4 Å². The number of hydrogen-bond acceptors (Lipinski definition) is 3. The maximum atomic E-state index is 5.55. The molecule has 102 valence electrons. The summed E-state index contributed by atoms with van der Waals surface area (Å²) in [5.74, 6) is 1.25. The molecule has 3 unspecified atom stereocenters. The van der Waals surface area contributed by atoms with Crippen molar-refractivity contribution in [3.8, 4) is 0 Å². The molecule has 4 heteroatoms. The van der Waals surface area contributed by atoms with Crippen LogP contribution >= 0.6 is 0 Å². The molecule has 0 aliphatic carbocycles. The third-order valence-electron chi connectivity index (χ3n) is 3.90.